The molecule has 2 aromatic heterocycles. The molecule has 10 nitrogen and oxygen atoms in total. The minimum absolute atomic E-state index is 0.107. The highest BCUT2D eigenvalue weighted by atomic mass is 32.2. The topological polar surface area (TPSA) is 170 Å². The molecule has 8 N–H and O–H groups in total. The average Bonchev–Trinajstić information content (AvgIpc) is 3.33. The maximum absolute atomic E-state index is 12.9. The number of unbranched alkanes of at least 4 members (excludes halogenated alkanes) is 1. The van der Waals surface area contributed by atoms with Gasteiger partial charge in [-0.25, -0.2) is 4.79 Å². The number of aliphatic imine (C=N–C) groups is 1. The van der Waals surface area contributed by atoms with Crippen LogP contribution in [0.2, 0.25) is 0 Å². The number of aryl methyl sites for hydroxylation is 1. The summed E-state index contributed by atoms with van der Waals surface area (Å²) in [6.45, 7) is 2.73. The Morgan fingerprint density at radius 2 is 1.87 bits per heavy atom. The van der Waals surface area contributed by atoms with Crippen molar-refractivity contribution in [2.75, 3.05) is 25.9 Å². The zero-order valence-electron chi connectivity index (χ0n) is 22.2. The van der Waals surface area contributed by atoms with Crippen LogP contribution in [0.4, 0.5) is 0 Å². The molecule has 11 heteroatoms. The first-order valence-electron chi connectivity index (χ1n) is 13.0. The van der Waals surface area contributed by atoms with Crippen molar-refractivity contribution in [1.82, 2.24) is 19.9 Å². The van der Waals surface area contributed by atoms with Crippen LogP contribution in [-0.4, -0.2) is 50.6 Å². The maximum Gasteiger partial charge on any atom is 0.354 e. The second-order valence-corrected chi connectivity index (χ2v) is 10.8. The monoisotopic (exact) mass is 548 g/mol. The molecule has 0 saturated carbocycles. The van der Waals surface area contributed by atoms with Gasteiger partial charge in [-0.3, -0.25) is 13.8 Å². The average molecular weight is 549 g/mol. The maximum atomic E-state index is 12.9. The Morgan fingerprint density at radius 1 is 1.08 bits per heavy atom. The summed E-state index contributed by atoms with van der Waals surface area (Å²) in [5.41, 5.74) is 21.1. The van der Waals surface area contributed by atoms with E-state index in [9.17, 15) is 9.00 Å². The molecule has 39 heavy (non-hydrogen) atoms. The van der Waals surface area contributed by atoms with Gasteiger partial charge in [-0.1, -0.05) is 12.1 Å². The highest BCUT2D eigenvalue weighted by Gasteiger charge is 2.12. The normalized spacial score (nSPS) is 12.1. The van der Waals surface area contributed by atoms with Gasteiger partial charge >= 0.3 is 5.69 Å². The molecule has 2 aromatic carbocycles. The molecule has 2 heterocycles. The Labute approximate surface area is 230 Å². The largest absolute Gasteiger partial charge is 0.370 e. The first-order valence-corrected chi connectivity index (χ1v) is 14.6. The number of H-pyrrole nitrogens is 1. The molecule has 0 fully saturated rings. The van der Waals surface area contributed by atoms with Gasteiger partial charge in [0.05, 0.1) is 5.69 Å². The third kappa shape index (κ3) is 7.62. The van der Waals surface area contributed by atoms with Gasteiger partial charge in [-0.15, -0.1) is 0 Å². The van der Waals surface area contributed by atoms with Crippen LogP contribution in [0.5, 0.6) is 0 Å². The molecule has 0 aliphatic rings. The van der Waals surface area contributed by atoms with Crippen molar-refractivity contribution in [3.05, 3.63) is 76.3 Å². The van der Waals surface area contributed by atoms with Crippen LogP contribution in [0.3, 0.4) is 0 Å². The molecule has 0 spiro atoms. The number of guanidine groups is 1. The van der Waals surface area contributed by atoms with E-state index < -0.39 is 10.8 Å². The molecule has 0 radical (unpaired) electrons. The number of hydrogen-bond donors (Lipinski definition) is 5. The summed E-state index contributed by atoms with van der Waals surface area (Å²) in [4.78, 5) is 25.2. The van der Waals surface area contributed by atoms with Crippen molar-refractivity contribution in [3.8, 4) is 16.9 Å². The molecule has 4 aromatic rings. The number of benzene rings is 2. The van der Waals surface area contributed by atoms with Gasteiger partial charge in [-0.2, -0.15) is 4.98 Å². The van der Waals surface area contributed by atoms with Crippen LogP contribution >= 0.6 is 0 Å². The second kappa shape index (κ2) is 13.3. The Bertz CT molecular complexity index is 1520. The number of nitrogens with zero attached hydrogens (tertiary/aromatic N) is 3. The predicted octanol–water partition coefficient (Wildman–Crippen LogP) is 2.15. The summed E-state index contributed by atoms with van der Waals surface area (Å²) in [6, 6.07) is 15.8. The van der Waals surface area contributed by atoms with E-state index in [0.717, 1.165) is 70.6 Å². The van der Waals surface area contributed by atoms with E-state index in [0.29, 0.717) is 25.3 Å². The molecular weight excluding hydrogens is 512 g/mol. The second-order valence-electron chi connectivity index (χ2n) is 9.45. The van der Waals surface area contributed by atoms with Gasteiger partial charge in [0.1, 0.15) is 5.65 Å². The Balaban J connectivity index is 1.52. The highest BCUT2D eigenvalue weighted by Crippen LogP contribution is 2.27. The van der Waals surface area contributed by atoms with E-state index >= 15 is 0 Å². The van der Waals surface area contributed by atoms with Crippen molar-refractivity contribution in [1.29, 1.82) is 0 Å². The predicted molar refractivity (Wildman–Crippen MR) is 158 cm³/mol. The third-order valence-electron chi connectivity index (χ3n) is 6.39. The van der Waals surface area contributed by atoms with E-state index in [2.05, 4.69) is 26.3 Å². The third-order valence-corrected chi connectivity index (χ3v) is 7.29. The number of nitrogens with one attached hydrogen (secondary N) is 2. The fraction of sp³-hybridized carbons (Fsp3) is 0.321. The summed E-state index contributed by atoms with van der Waals surface area (Å²) >= 11 is 0. The van der Waals surface area contributed by atoms with E-state index in [1.807, 2.05) is 42.5 Å². The number of aromatic nitrogens is 3. The van der Waals surface area contributed by atoms with Gasteiger partial charge in [-0.05, 0) is 91.9 Å². The van der Waals surface area contributed by atoms with Gasteiger partial charge in [0.2, 0.25) is 0 Å². The SMILES string of the molecule is CS(=O)c1cc(CCCCN)cc(-c2cc3cn(-c4ccc(CNCCCN=C(N)N)cc4)c(=O)nc3[nH]2)c1. The molecule has 1 atom stereocenters. The van der Waals surface area contributed by atoms with Crippen LogP contribution in [0.1, 0.15) is 30.4 Å². The zero-order chi connectivity index (χ0) is 27.8. The lowest BCUT2D eigenvalue weighted by Gasteiger charge is -2.08. The van der Waals surface area contributed by atoms with Gasteiger partial charge < -0.3 is 27.5 Å². The standard InChI is InChI=1S/C28H36N8O2S/c1-39(38)24-14-20(5-2-3-10-29)13-21(15-24)25-16-22-18-36(28(37)35-26(22)34-25)23-8-6-19(7-9-23)17-32-11-4-12-33-27(30)31/h6-9,13-16,18,32H,2-5,10-12,17,29H2,1H3,(H4,30,31,33)(H,34,35,37). The van der Waals surface area contributed by atoms with Crippen LogP contribution in [0.25, 0.3) is 28.0 Å². The first-order chi connectivity index (χ1) is 18.8. The number of nitrogens with two attached hydrogens (primary N) is 3. The molecule has 0 aliphatic heterocycles. The van der Waals surface area contributed by atoms with Gasteiger partial charge in [0, 0.05) is 52.3 Å². The lowest BCUT2D eigenvalue weighted by molar-refractivity contribution is 0.655. The van der Waals surface area contributed by atoms with Crippen LogP contribution in [0.15, 0.2) is 69.4 Å². The van der Waals surface area contributed by atoms with Crippen molar-refractivity contribution in [2.24, 2.45) is 22.2 Å². The molecule has 0 amide bonds. The molecular formula is C28H36N8O2S. The van der Waals surface area contributed by atoms with Crippen molar-refractivity contribution in [3.63, 3.8) is 0 Å². The molecule has 4 rings (SSSR count). The summed E-state index contributed by atoms with van der Waals surface area (Å²) < 4.78 is 13.8. The Hall–Kier alpha value is -3.80. The number of hydrogen-bond acceptors (Lipinski definition) is 6. The number of fused-ring (bicyclic) bond motifs is 1. The highest BCUT2D eigenvalue weighted by molar-refractivity contribution is 7.84. The Kier molecular flexibility index (Phi) is 9.64. The zero-order valence-corrected chi connectivity index (χ0v) is 23.0. The van der Waals surface area contributed by atoms with E-state index in [1.54, 1.807) is 17.0 Å². The Morgan fingerprint density at radius 3 is 2.59 bits per heavy atom. The van der Waals surface area contributed by atoms with Crippen LogP contribution in [0, 0.1) is 0 Å². The first kappa shape index (κ1) is 28.2. The summed E-state index contributed by atoms with van der Waals surface area (Å²) in [6.07, 6.45) is 7.09. The van der Waals surface area contributed by atoms with Crippen LogP contribution < -0.4 is 28.2 Å². The van der Waals surface area contributed by atoms with E-state index in [-0.39, 0.29) is 11.6 Å². The fourth-order valence-electron chi connectivity index (χ4n) is 4.35. The minimum atomic E-state index is -1.12. The molecule has 1 unspecified atom stereocenters. The summed E-state index contributed by atoms with van der Waals surface area (Å²) in [5, 5.41) is 4.17. The smallest absolute Gasteiger partial charge is 0.354 e. The summed E-state index contributed by atoms with van der Waals surface area (Å²) in [7, 11) is -1.12. The molecule has 0 bridgehead atoms. The lowest BCUT2D eigenvalue weighted by atomic mass is 10.0. The number of aromatic amines is 1. The van der Waals surface area contributed by atoms with Gasteiger partial charge in [0.15, 0.2) is 5.96 Å². The van der Waals surface area contributed by atoms with Crippen molar-refractivity contribution >= 4 is 27.8 Å². The molecule has 0 saturated heterocycles. The fourth-order valence-corrected chi connectivity index (χ4v) is 4.96. The quantitative estimate of drug-likeness (QED) is 0.0968. The van der Waals surface area contributed by atoms with Crippen molar-refractivity contribution in [2.45, 2.75) is 37.1 Å². The van der Waals surface area contributed by atoms with Crippen molar-refractivity contribution < 1.29 is 4.21 Å². The van der Waals surface area contributed by atoms with E-state index in [4.69, 9.17) is 17.2 Å². The van der Waals surface area contributed by atoms with E-state index in [1.165, 1.54) is 0 Å². The summed E-state index contributed by atoms with van der Waals surface area (Å²) in [5.74, 6) is 0.107. The van der Waals surface area contributed by atoms with Gasteiger partial charge in [0.25, 0.3) is 0 Å². The van der Waals surface area contributed by atoms with Crippen LogP contribution in [-0.2, 0) is 23.8 Å². The number of rotatable bonds is 13. The molecule has 0 aliphatic carbocycles. The minimum Gasteiger partial charge on any atom is -0.370 e. The molecule has 206 valence electrons. The lowest BCUT2D eigenvalue weighted by Crippen LogP contribution is -2.23.